The Bertz CT molecular complexity index is 744. The second-order valence-electron chi connectivity index (χ2n) is 4.73. The SMILES string of the molecule is Cn1ccnc1CCC(=O)c1cnn(-c2ccccc2)n1. The smallest absolute Gasteiger partial charge is 0.185 e. The molecule has 2 aromatic heterocycles. The number of hydrogen-bond donors (Lipinski definition) is 0. The minimum Gasteiger partial charge on any atom is -0.338 e. The zero-order valence-corrected chi connectivity index (χ0v) is 11.7. The van der Waals surface area contributed by atoms with E-state index < -0.39 is 0 Å². The lowest BCUT2D eigenvalue weighted by atomic mass is 10.2. The van der Waals surface area contributed by atoms with Crippen LogP contribution in [0.2, 0.25) is 0 Å². The van der Waals surface area contributed by atoms with E-state index in [2.05, 4.69) is 15.2 Å². The van der Waals surface area contributed by atoms with E-state index in [1.54, 1.807) is 6.20 Å². The molecule has 0 unspecified atom stereocenters. The third-order valence-electron chi connectivity index (χ3n) is 3.26. The van der Waals surface area contributed by atoms with Crippen LogP contribution in [0.4, 0.5) is 0 Å². The van der Waals surface area contributed by atoms with Crippen LogP contribution in [0.1, 0.15) is 22.7 Å². The third-order valence-corrected chi connectivity index (χ3v) is 3.26. The number of para-hydroxylation sites is 1. The van der Waals surface area contributed by atoms with Gasteiger partial charge in [-0.2, -0.15) is 9.90 Å². The highest BCUT2D eigenvalue weighted by Gasteiger charge is 2.12. The summed E-state index contributed by atoms with van der Waals surface area (Å²) < 4.78 is 1.91. The van der Waals surface area contributed by atoms with E-state index in [0.29, 0.717) is 18.5 Å². The van der Waals surface area contributed by atoms with Gasteiger partial charge in [0, 0.05) is 32.3 Å². The van der Waals surface area contributed by atoms with Crippen LogP contribution in [-0.4, -0.2) is 30.3 Å². The summed E-state index contributed by atoms with van der Waals surface area (Å²) in [6.07, 6.45) is 6.07. The second kappa shape index (κ2) is 5.70. The van der Waals surface area contributed by atoms with E-state index in [0.717, 1.165) is 11.5 Å². The summed E-state index contributed by atoms with van der Waals surface area (Å²) in [6, 6.07) is 9.51. The van der Waals surface area contributed by atoms with Crippen LogP contribution in [0.15, 0.2) is 48.9 Å². The maximum atomic E-state index is 12.1. The van der Waals surface area contributed by atoms with Gasteiger partial charge in [0.25, 0.3) is 0 Å². The van der Waals surface area contributed by atoms with Crippen molar-refractivity contribution < 1.29 is 4.79 Å². The molecule has 0 N–H and O–H groups in total. The first-order chi connectivity index (χ1) is 10.2. The number of aryl methyl sites for hydroxylation is 2. The van der Waals surface area contributed by atoms with Gasteiger partial charge in [0.15, 0.2) is 5.78 Å². The van der Waals surface area contributed by atoms with Crippen LogP contribution in [0.5, 0.6) is 0 Å². The number of rotatable bonds is 5. The third kappa shape index (κ3) is 2.89. The first-order valence-electron chi connectivity index (χ1n) is 6.71. The molecule has 0 spiro atoms. The average Bonchev–Trinajstić information content (AvgIpc) is 3.15. The number of hydrogen-bond acceptors (Lipinski definition) is 4. The molecule has 0 saturated carbocycles. The standard InChI is InChI=1S/C15H15N5O/c1-19-10-9-16-15(19)8-7-14(21)13-11-17-20(18-13)12-5-3-2-4-6-12/h2-6,9-11H,7-8H2,1H3. The normalized spacial score (nSPS) is 10.7. The number of benzene rings is 1. The highest BCUT2D eigenvalue weighted by atomic mass is 16.1. The van der Waals surface area contributed by atoms with E-state index in [-0.39, 0.29) is 5.78 Å². The van der Waals surface area contributed by atoms with Gasteiger partial charge in [-0.15, -0.1) is 5.10 Å². The van der Waals surface area contributed by atoms with Crippen molar-refractivity contribution in [3.05, 3.63) is 60.4 Å². The van der Waals surface area contributed by atoms with Gasteiger partial charge in [-0.3, -0.25) is 4.79 Å². The molecule has 0 aliphatic rings. The fourth-order valence-electron chi connectivity index (χ4n) is 2.07. The Morgan fingerprint density at radius 2 is 2.05 bits per heavy atom. The first kappa shape index (κ1) is 13.2. The highest BCUT2D eigenvalue weighted by Crippen LogP contribution is 2.07. The number of imidazole rings is 1. The topological polar surface area (TPSA) is 65.6 Å². The van der Waals surface area contributed by atoms with Crippen molar-refractivity contribution in [2.24, 2.45) is 7.05 Å². The van der Waals surface area contributed by atoms with Gasteiger partial charge in [-0.25, -0.2) is 4.98 Å². The van der Waals surface area contributed by atoms with Crippen LogP contribution in [0.3, 0.4) is 0 Å². The molecule has 3 rings (SSSR count). The number of nitrogens with zero attached hydrogens (tertiary/aromatic N) is 5. The Morgan fingerprint density at radius 1 is 1.24 bits per heavy atom. The van der Waals surface area contributed by atoms with Gasteiger partial charge in [0.2, 0.25) is 0 Å². The Labute approximate surface area is 122 Å². The molecule has 1 aromatic carbocycles. The molecule has 0 fully saturated rings. The van der Waals surface area contributed by atoms with Crippen LogP contribution < -0.4 is 0 Å². The summed E-state index contributed by atoms with van der Waals surface area (Å²) in [5.41, 5.74) is 1.22. The quantitative estimate of drug-likeness (QED) is 0.669. The molecule has 2 heterocycles. The maximum absolute atomic E-state index is 12.1. The van der Waals surface area contributed by atoms with Crippen LogP contribution in [-0.2, 0) is 13.5 Å². The van der Waals surface area contributed by atoms with Gasteiger partial charge in [0.1, 0.15) is 11.5 Å². The minimum atomic E-state index is -0.0276. The predicted octanol–water partition coefficient (Wildman–Crippen LogP) is 1.82. The van der Waals surface area contributed by atoms with E-state index in [1.807, 2.05) is 48.1 Å². The summed E-state index contributed by atoms with van der Waals surface area (Å²) in [5, 5.41) is 8.37. The summed E-state index contributed by atoms with van der Waals surface area (Å²) in [7, 11) is 1.92. The molecule has 0 aliphatic carbocycles. The molecule has 0 radical (unpaired) electrons. The maximum Gasteiger partial charge on any atom is 0.185 e. The first-order valence-corrected chi connectivity index (χ1v) is 6.71. The minimum absolute atomic E-state index is 0.0276. The van der Waals surface area contributed by atoms with Crippen molar-refractivity contribution in [1.29, 1.82) is 0 Å². The highest BCUT2D eigenvalue weighted by molar-refractivity contribution is 5.93. The molecule has 6 nitrogen and oxygen atoms in total. The molecule has 106 valence electrons. The van der Waals surface area contributed by atoms with Gasteiger partial charge in [-0.05, 0) is 12.1 Å². The summed E-state index contributed by atoms with van der Waals surface area (Å²) in [5.74, 6) is 0.860. The molecule has 0 aliphatic heterocycles. The van der Waals surface area contributed by atoms with Crippen molar-refractivity contribution in [3.8, 4) is 5.69 Å². The number of aromatic nitrogens is 5. The molecule has 0 atom stereocenters. The van der Waals surface area contributed by atoms with Gasteiger partial charge in [0.05, 0.1) is 11.9 Å². The second-order valence-corrected chi connectivity index (χ2v) is 4.73. The fourth-order valence-corrected chi connectivity index (χ4v) is 2.07. The van der Waals surface area contributed by atoms with Crippen molar-refractivity contribution in [3.63, 3.8) is 0 Å². The molecule has 0 amide bonds. The van der Waals surface area contributed by atoms with Crippen molar-refractivity contribution in [2.45, 2.75) is 12.8 Å². The lowest BCUT2D eigenvalue weighted by Crippen LogP contribution is -2.06. The molecular weight excluding hydrogens is 266 g/mol. The lowest BCUT2D eigenvalue weighted by Gasteiger charge is -2.00. The van der Waals surface area contributed by atoms with Gasteiger partial charge >= 0.3 is 0 Å². The molecule has 0 bridgehead atoms. The Morgan fingerprint density at radius 3 is 2.76 bits per heavy atom. The van der Waals surface area contributed by atoms with Crippen molar-refractivity contribution in [2.75, 3.05) is 0 Å². The zero-order chi connectivity index (χ0) is 14.7. The predicted molar refractivity (Wildman–Crippen MR) is 77.2 cm³/mol. The zero-order valence-electron chi connectivity index (χ0n) is 11.7. The van der Waals surface area contributed by atoms with E-state index in [4.69, 9.17) is 0 Å². The molecule has 0 saturated heterocycles. The average molecular weight is 281 g/mol. The Balaban J connectivity index is 1.69. The van der Waals surface area contributed by atoms with Gasteiger partial charge in [-0.1, -0.05) is 18.2 Å². The molecule has 3 aromatic rings. The monoisotopic (exact) mass is 281 g/mol. The Kier molecular flexibility index (Phi) is 3.59. The molecule has 21 heavy (non-hydrogen) atoms. The fraction of sp³-hybridized carbons (Fsp3) is 0.200. The Hall–Kier alpha value is -2.76. The number of carbonyl (C=O) groups is 1. The molecule has 6 heteroatoms. The summed E-state index contributed by atoms with van der Waals surface area (Å²) >= 11 is 0. The summed E-state index contributed by atoms with van der Waals surface area (Å²) in [6.45, 7) is 0. The van der Waals surface area contributed by atoms with Crippen LogP contribution in [0, 0.1) is 0 Å². The number of ketones is 1. The number of carbonyl (C=O) groups excluding carboxylic acids is 1. The van der Waals surface area contributed by atoms with E-state index >= 15 is 0 Å². The number of Topliss-reactive ketones (excluding diaryl/α,β-unsaturated/α-hetero) is 1. The lowest BCUT2D eigenvalue weighted by molar-refractivity contribution is 0.0976. The van der Waals surface area contributed by atoms with Crippen molar-refractivity contribution >= 4 is 5.78 Å². The molecular formula is C15H15N5O. The van der Waals surface area contributed by atoms with Crippen LogP contribution >= 0.6 is 0 Å². The van der Waals surface area contributed by atoms with Crippen LogP contribution in [0.25, 0.3) is 5.69 Å². The van der Waals surface area contributed by atoms with E-state index in [1.165, 1.54) is 11.0 Å². The van der Waals surface area contributed by atoms with Gasteiger partial charge < -0.3 is 4.57 Å². The van der Waals surface area contributed by atoms with E-state index in [9.17, 15) is 4.79 Å². The summed E-state index contributed by atoms with van der Waals surface area (Å²) in [4.78, 5) is 17.8. The van der Waals surface area contributed by atoms with Crippen molar-refractivity contribution in [1.82, 2.24) is 24.5 Å². The largest absolute Gasteiger partial charge is 0.338 e.